The highest BCUT2D eigenvalue weighted by Crippen LogP contribution is 2.41. The fourth-order valence-electron chi connectivity index (χ4n) is 6.74. The quantitative estimate of drug-likeness (QED) is 0.290. The summed E-state index contributed by atoms with van der Waals surface area (Å²) in [5.74, 6) is -2.22. The smallest absolute Gasteiger partial charge is 0.259 e. The largest absolute Gasteiger partial charge is 0.357 e. The van der Waals surface area contributed by atoms with Crippen LogP contribution >= 0.6 is 0 Å². The maximum absolute atomic E-state index is 14.2. The van der Waals surface area contributed by atoms with Gasteiger partial charge in [0.1, 0.15) is 23.9 Å². The minimum Gasteiger partial charge on any atom is -0.357 e. The van der Waals surface area contributed by atoms with Crippen molar-refractivity contribution in [3.05, 3.63) is 54.5 Å². The molecule has 10 nitrogen and oxygen atoms in total. The van der Waals surface area contributed by atoms with Gasteiger partial charge in [0.25, 0.3) is 5.92 Å². The number of amides is 1. The molecule has 2 N–H and O–H groups in total. The van der Waals surface area contributed by atoms with E-state index < -0.39 is 17.7 Å². The van der Waals surface area contributed by atoms with Crippen molar-refractivity contribution in [2.75, 3.05) is 49.5 Å². The van der Waals surface area contributed by atoms with Crippen molar-refractivity contribution in [3.8, 4) is 11.3 Å². The average molecular weight is 602 g/mol. The van der Waals surface area contributed by atoms with Crippen LogP contribution in [0.5, 0.6) is 0 Å². The van der Waals surface area contributed by atoms with Crippen LogP contribution in [0.15, 0.2) is 48.9 Å². The molecule has 1 saturated carbocycles. The van der Waals surface area contributed by atoms with Crippen LogP contribution in [0, 0.1) is 5.92 Å². The Labute approximate surface area is 254 Å². The fourth-order valence-corrected chi connectivity index (χ4v) is 6.74. The number of nitrogens with one attached hydrogen (secondary N) is 2. The van der Waals surface area contributed by atoms with E-state index >= 15 is 0 Å². The molecule has 3 aromatic heterocycles. The van der Waals surface area contributed by atoms with Gasteiger partial charge in [-0.3, -0.25) is 9.69 Å². The molecule has 12 heteroatoms. The second kappa shape index (κ2) is 11.7. The summed E-state index contributed by atoms with van der Waals surface area (Å²) in [5.41, 5.74) is 4.65. The lowest BCUT2D eigenvalue weighted by atomic mass is 10.0. The van der Waals surface area contributed by atoms with Crippen molar-refractivity contribution in [3.63, 3.8) is 0 Å². The number of hydrogen-bond donors (Lipinski definition) is 2. The number of imidazole rings is 1. The maximum Gasteiger partial charge on any atom is 0.259 e. The predicted octanol–water partition coefficient (Wildman–Crippen LogP) is 5.40. The number of carbonyl (C=O) groups is 1. The molecule has 1 aromatic carbocycles. The molecule has 7 rings (SSSR count). The minimum atomic E-state index is -2.88. The van der Waals surface area contributed by atoms with Crippen molar-refractivity contribution >= 4 is 34.5 Å². The third-order valence-electron chi connectivity index (χ3n) is 9.36. The fraction of sp³-hybridized carbons (Fsp3) is 0.469. The van der Waals surface area contributed by atoms with Gasteiger partial charge < -0.3 is 20.1 Å². The number of benzene rings is 1. The van der Waals surface area contributed by atoms with Gasteiger partial charge in [0.15, 0.2) is 0 Å². The van der Waals surface area contributed by atoms with E-state index in [1.165, 1.54) is 12.8 Å². The predicted molar refractivity (Wildman–Crippen MR) is 165 cm³/mol. The van der Waals surface area contributed by atoms with Gasteiger partial charge in [-0.15, -0.1) is 0 Å². The number of alkyl halides is 2. The zero-order chi connectivity index (χ0) is 30.3. The highest BCUT2D eigenvalue weighted by Gasteiger charge is 2.49. The summed E-state index contributed by atoms with van der Waals surface area (Å²) in [7, 11) is 0. The molecular weight excluding hydrogens is 564 g/mol. The SMILES string of the molecule is CC(c1ccnc(Nc2nc3ccc(-c4cc(N5CCCC5)ncn4)cc3[nH]2)c1)N1CCN(C(=O)C2CCCC2(F)F)CC1. The zero-order valence-electron chi connectivity index (χ0n) is 24.8. The molecule has 1 amide bonds. The highest BCUT2D eigenvalue weighted by molar-refractivity contribution is 5.83. The lowest BCUT2D eigenvalue weighted by Crippen LogP contribution is -2.52. The summed E-state index contributed by atoms with van der Waals surface area (Å²) in [6.07, 6.45) is 6.29. The number of pyridine rings is 1. The Balaban J connectivity index is 1.00. The summed E-state index contributed by atoms with van der Waals surface area (Å²) in [4.78, 5) is 40.5. The van der Waals surface area contributed by atoms with Gasteiger partial charge in [-0.25, -0.2) is 28.7 Å². The number of piperazine rings is 1. The van der Waals surface area contributed by atoms with Crippen molar-refractivity contribution in [2.45, 2.75) is 51.0 Å². The van der Waals surface area contributed by atoms with Crippen molar-refractivity contribution < 1.29 is 13.6 Å². The maximum atomic E-state index is 14.2. The van der Waals surface area contributed by atoms with Gasteiger partial charge in [-0.2, -0.15) is 0 Å². The summed E-state index contributed by atoms with van der Waals surface area (Å²) < 4.78 is 28.3. The molecule has 3 aliphatic rings. The molecule has 44 heavy (non-hydrogen) atoms. The molecule has 2 saturated heterocycles. The van der Waals surface area contributed by atoms with Crippen LogP contribution < -0.4 is 10.2 Å². The molecule has 0 bridgehead atoms. The van der Waals surface area contributed by atoms with Crippen molar-refractivity contribution in [1.82, 2.24) is 34.7 Å². The average Bonchev–Trinajstić information content (AvgIpc) is 3.80. The Bertz CT molecular complexity index is 1650. The Morgan fingerprint density at radius 2 is 1.82 bits per heavy atom. The van der Waals surface area contributed by atoms with Crippen LogP contribution in [0.4, 0.5) is 26.4 Å². The van der Waals surface area contributed by atoms with Gasteiger partial charge in [0, 0.05) is 69.6 Å². The van der Waals surface area contributed by atoms with Crippen molar-refractivity contribution in [1.29, 1.82) is 0 Å². The van der Waals surface area contributed by atoms with Crippen molar-refractivity contribution in [2.24, 2.45) is 5.92 Å². The first kappa shape index (κ1) is 28.6. The van der Waals surface area contributed by atoms with E-state index in [0.29, 0.717) is 44.4 Å². The number of halogens is 2. The van der Waals surface area contributed by atoms with E-state index in [0.717, 1.165) is 46.8 Å². The van der Waals surface area contributed by atoms with Crippen LogP contribution in [-0.2, 0) is 4.79 Å². The zero-order valence-corrected chi connectivity index (χ0v) is 24.8. The second-order valence-corrected chi connectivity index (χ2v) is 12.1. The Morgan fingerprint density at radius 3 is 2.59 bits per heavy atom. The minimum absolute atomic E-state index is 0.0697. The van der Waals surface area contributed by atoms with Crippen LogP contribution in [-0.4, -0.2) is 85.8 Å². The number of carbonyl (C=O) groups excluding carboxylic acids is 1. The Morgan fingerprint density at radius 1 is 1.00 bits per heavy atom. The summed E-state index contributed by atoms with van der Waals surface area (Å²) in [6, 6.07) is 12.2. The molecule has 0 spiro atoms. The number of hydrogen-bond acceptors (Lipinski definition) is 8. The van der Waals surface area contributed by atoms with Gasteiger partial charge in [-0.05, 0) is 62.4 Å². The number of rotatable bonds is 7. The molecule has 230 valence electrons. The number of aromatic nitrogens is 5. The van der Waals surface area contributed by atoms with Gasteiger partial charge in [-0.1, -0.05) is 6.07 Å². The molecule has 2 atom stereocenters. The molecule has 4 aromatic rings. The van der Waals surface area contributed by atoms with Gasteiger partial charge in [0.2, 0.25) is 11.9 Å². The third-order valence-corrected chi connectivity index (χ3v) is 9.36. The highest BCUT2D eigenvalue weighted by atomic mass is 19.3. The third kappa shape index (κ3) is 5.70. The molecule has 2 unspecified atom stereocenters. The number of fused-ring (bicyclic) bond motifs is 1. The molecular formula is C32H37F2N9O. The number of aromatic amines is 1. The topological polar surface area (TPSA) is 106 Å². The van der Waals surface area contributed by atoms with Crippen LogP contribution in [0.1, 0.15) is 50.6 Å². The first-order valence-corrected chi connectivity index (χ1v) is 15.5. The summed E-state index contributed by atoms with van der Waals surface area (Å²) in [5, 5.41) is 3.31. The molecule has 5 heterocycles. The van der Waals surface area contributed by atoms with E-state index in [-0.39, 0.29) is 18.9 Å². The standard InChI is InChI=1S/C32H37F2N9O/c1-21(41-13-15-43(16-14-41)30(44)24-5-4-9-32(24,33)34)22-8-10-35-28(18-22)40-31-38-25-7-6-23(17-27(25)39-31)26-19-29(37-20-36-26)42-11-2-3-12-42/h6-8,10,17-21,24H,2-5,9,11-16H2,1H3,(H2,35,38,39,40). The number of H-pyrrole nitrogens is 1. The lowest BCUT2D eigenvalue weighted by Gasteiger charge is -2.39. The van der Waals surface area contributed by atoms with E-state index in [1.54, 1.807) is 17.4 Å². The Kier molecular flexibility index (Phi) is 7.61. The second-order valence-electron chi connectivity index (χ2n) is 12.1. The van der Waals surface area contributed by atoms with Crippen LogP contribution in [0.3, 0.4) is 0 Å². The summed E-state index contributed by atoms with van der Waals surface area (Å²) in [6.45, 7) is 6.36. The first-order chi connectivity index (χ1) is 21.3. The molecule has 3 fully saturated rings. The van der Waals surface area contributed by atoms with E-state index in [9.17, 15) is 13.6 Å². The van der Waals surface area contributed by atoms with E-state index in [2.05, 4.69) is 42.0 Å². The number of anilines is 3. The van der Waals surface area contributed by atoms with E-state index in [4.69, 9.17) is 4.98 Å². The first-order valence-electron chi connectivity index (χ1n) is 15.5. The van der Waals surface area contributed by atoms with Crippen LogP contribution in [0.2, 0.25) is 0 Å². The van der Waals surface area contributed by atoms with Crippen LogP contribution in [0.25, 0.3) is 22.3 Å². The normalized spacial score (nSPS) is 21.2. The van der Waals surface area contributed by atoms with E-state index in [1.807, 2.05) is 36.4 Å². The summed E-state index contributed by atoms with van der Waals surface area (Å²) >= 11 is 0. The molecule has 0 radical (unpaired) electrons. The molecule has 2 aliphatic heterocycles. The Hall–Kier alpha value is -4.19. The monoisotopic (exact) mass is 601 g/mol. The van der Waals surface area contributed by atoms with Gasteiger partial charge >= 0.3 is 0 Å². The lowest BCUT2D eigenvalue weighted by molar-refractivity contribution is -0.148. The molecule has 1 aliphatic carbocycles. The number of nitrogens with zero attached hydrogens (tertiary/aromatic N) is 7. The van der Waals surface area contributed by atoms with Gasteiger partial charge in [0.05, 0.1) is 16.7 Å².